The molecule has 0 unspecified atom stereocenters. The average molecular weight is 419 g/mol. The lowest BCUT2D eigenvalue weighted by Gasteiger charge is -2.38. The molecule has 1 N–H and O–H groups in total. The summed E-state index contributed by atoms with van der Waals surface area (Å²) in [6.07, 6.45) is 0.879. The van der Waals surface area contributed by atoms with Gasteiger partial charge in [0.05, 0.1) is 20.3 Å². The van der Waals surface area contributed by atoms with E-state index < -0.39 is 0 Å². The van der Waals surface area contributed by atoms with Crippen LogP contribution in [0.3, 0.4) is 0 Å². The summed E-state index contributed by atoms with van der Waals surface area (Å²) in [7, 11) is 3.32. The largest absolute Gasteiger partial charge is 0.507 e. The van der Waals surface area contributed by atoms with Crippen molar-refractivity contribution >= 4 is 0 Å². The normalized spacial score (nSPS) is 17.3. The van der Waals surface area contributed by atoms with Crippen LogP contribution in [-0.2, 0) is 13.0 Å². The van der Waals surface area contributed by atoms with Gasteiger partial charge in [-0.25, -0.2) is 0 Å². The molecule has 0 aliphatic carbocycles. The number of phenolic OH excluding ortho intramolecular Hbond substituents is 1. The van der Waals surface area contributed by atoms with Crippen molar-refractivity contribution in [1.29, 1.82) is 0 Å². The van der Waals surface area contributed by atoms with E-state index in [9.17, 15) is 5.11 Å². The van der Waals surface area contributed by atoms with Crippen molar-refractivity contribution in [2.75, 3.05) is 27.6 Å². The summed E-state index contributed by atoms with van der Waals surface area (Å²) in [6.45, 7) is 1.61. The van der Waals surface area contributed by atoms with Gasteiger partial charge in [-0.2, -0.15) is 0 Å². The Bertz CT molecular complexity index is 1100. The van der Waals surface area contributed by atoms with Crippen LogP contribution in [0.1, 0.15) is 28.3 Å². The molecular weight excluding hydrogens is 394 g/mol. The molecule has 160 valence electrons. The number of rotatable bonds is 5. The van der Waals surface area contributed by atoms with Gasteiger partial charge in [0, 0.05) is 24.7 Å². The van der Waals surface area contributed by atoms with Crippen molar-refractivity contribution in [1.82, 2.24) is 4.90 Å². The van der Waals surface area contributed by atoms with E-state index in [1.54, 1.807) is 20.3 Å². The highest BCUT2D eigenvalue weighted by atomic mass is 16.7. The van der Waals surface area contributed by atoms with Crippen molar-refractivity contribution in [3.05, 3.63) is 76.9 Å². The van der Waals surface area contributed by atoms with Gasteiger partial charge in [-0.15, -0.1) is 0 Å². The lowest BCUT2D eigenvalue weighted by Crippen LogP contribution is -2.35. The molecule has 2 aliphatic rings. The minimum absolute atomic E-state index is 0.0228. The zero-order valence-corrected chi connectivity index (χ0v) is 17.6. The highest BCUT2D eigenvalue weighted by molar-refractivity contribution is 5.53. The molecule has 6 heteroatoms. The van der Waals surface area contributed by atoms with Crippen LogP contribution in [0, 0.1) is 0 Å². The molecule has 0 radical (unpaired) electrons. The van der Waals surface area contributed by atoms with Gasteiger partial charge in [0.2, 0.25) is 6.79 Å². The Hall–Kier alpha value is -3.38. The lowest BCUT2D eigenvalue weighted by molar-refractivity contribution is 0.173. The average Bonchev–Trinajstić information content (AvgIpc) is 3.25. The van der Waals surface area contributed by atoms with Crippen molar-refractivity contribution in [2.45, 2.75) is 19.0 Å². The maximum atomic E-state index is 10.6. The predicted octanol–water partition coefficient (Wildman–Crippen LogP) is 4.29. The first-order valence-corrected chi connectivity index (χ1v) is 10.3. The number of methoxy groups -OCH3 is 2. The second-order valence-electron chi connectivity index (χ2n) is 7.77. The Morgan fingerprint density at radius 2 is 1.68 bits per heavy atom. The number of nitrogens with zero attached hydrogens (tertiary/aromatic N) is 1. The SMILES string of the molecule is COc1cc2c(cc1OC)[C@@H](c1ccccc1)N(Cc1cc3c(cc1O)OCO3)CC2. The third-order valence-corrected chi connectivity index (χ3v) is 6.04. The van der Waals surface area contributed by atoms with E-state index in [-0.39, 0.29) is 18.6 Å². The van der Waals surface area contributed by atoms with E-state index >= 15 is 0 Å². The molecule has 2 heterocycles. The highest BCUT2D eigenvalue weighted by Crippen LogP contribution is 2.43. The Morgan fingerprint density at radius 3 is 2.42 bits per heavy atom. The number of ether oxygens (including phenoxy) is 4. The minimum Gasteiger partial charge on any atom is -0.507 e. The molecule has 3 aromatic rings. The quantitative estimate of drug-likeness (QED) is 0.666. The molecule has 0 amide bonds. The molecule has 0 bridgehead atoms. The number of fused-ring (bicyclic) bond motifs is 2. The molecular formula is C25H25NO5. The zero-order chi connectivity index (χ0) is 21.4. The summed E-state index contributed by atoms with van der Waals surface area (Å²) in [5.41, 5.74) is 4.44. The molecule has 0 aromatic heterocycles. The number of benzene rings is 3. The molecule has 0 saturated heterocycles. The maximum Gasteiger partial charge on any atom is 0.231 e. The molecule has 31 heavy (non-hydrogen) atoms. The highest BCUT2D eigenvalue weighted by Gasteiger charge is 2.31. The van der Waals surface area contributed by atoms with Gasteiger partial charge >= 0.3 is 0 Å². The molecule has 1 atom stereocenters. The van der Waals surface area contributed by atoms with E-state index in [2.05, 4.69) is 41.3 Å². The van der Waals surface area contributed by atoms with E-state index in [4.69, 9.17) is 18.9 Å². The van der Waals surface area contributed by atoms with Crippen LogP contribution in [0.4, 0.5) is 0 Å². The third kappa shape index (κ3) is 3.53. The number of hydrogen-bond donors (Lipinski definition) is 1. The van der Waals surface area contributed by atoms with Crippen molar-refractivity contribution in [3.63, 3.8) is 0 Å². The summed E-state index contributed by atoms with van der Waals surface area (Å²) < 4.78 is 22.0. The summed E-state index contributed by atoms with van der Waals surface area (Å²) in [5.74, 6) is 2.94. The first-order chi connectivity index (χ1) is 15.2. The van der Waals surface area contributed by atoms with E-state index in [1.807, 2.05) is 12.1 Å². The zero-order valence-electron chi connectivity index (χ0n) is 17.6. The molecule has 5 rings (SSSR count). The second-order valence-corrected chi connectivity index (χ2v) is 7.77. The standard InChI is InChI=1S/C25H25NO5/c1-28-21-10-17-8-9-26(14-18-11-23-24(13-20(18)27)31-15-30-23)25(16-6-4-3-5-7-16)19(17)12-22(21)29-2/h3-7,10-13,25,27H,8-9,14-15H2,1-2H3/t25-/m1/s1. The maximum absolute atomic E-state index is 10.6. The summed E-state index contributed by atoms with van der Waals surface area (Å²) in [6, 6.07) is 18.1. The van der Waals surface area contributed by atoms with E-state index in [0.717, 1.165) is 30.0 Å². The molecule has 6 nitrogen and oxygen atoms in total. The molecule has 2 aliphatic heterocycles. The summed E-state index contributed by atoms with van der Waals surface area (Å²) in [4.78, 5) is 2.38. The molecule has 0 saturated carbocycles. The molecule has 3 aromatic carbocycles. The lowest BCUT2D eigenvalue weighted by atomic mass is 9.87. The van der Waals surface area contributed by atoms with Crippen molar-refractivity contribution in [2.24, 2.45) is 0 Å². The Labute approximate surface area is 181 Å². The Kier molecular flexibility index (Phi) is 5.08. The summed E-state index contributed by atoms with van der Waals surface area (Å²) >= 11 is 0. The number of hydrogen-bond acceptors (Lipinski definition) is 6. The first-order valence-electron chi connectivity index (χ1n) is 10.3. The van der Waals surface area contributed by atoms with E-state index in [0.29, 0.717) is 18.0 Å². The van der Waals surface area contributed by atoms with Crippen LogP contribution < -0.4 is 18.9 Å². The van der Waals surface area contributed by atoms with Crippen molar-refractivity contribution in [3.8, 4) is 28.7 Å². The third-order valence-electron chi connectivity index (χ3n) is 6.04. The van der Waals surface area contributed by atoms with Crippen molar-refractivity contribution < 1.29 is 24.1 Å². The van der Waals surface area contributed by atoms with Gasteiger partial charge in [0.1, 0.15) is 5.75 Å². The first kappa shape index (κ1) is 19.6. The van der Waals surface area contributed by atoms with Gasteiger partial charge in [-0.05, 0) is 41.3 Å². The van der Waals surface area contributed by atoms with Gasteiger partial charge in [0.15, 0.2) is 23.0 Å². The topological polar surface area (TPSA) is 60.4 Å². The van der Waals surface area contributed by atoms with Crippen LogP contribution >= 0.6 is 0 Å². The van der Waals surface area contributed by atoms with Crippen LogP contribution in [0.5, 0.6) is 28.7 Å². The Balaban J connectivity index is 1.57. The number of phenols is 1. The van der Waals surface area contributed by atoms with Gasteiger partial charge in [-0.1, -0.05) is 30.3 Å². The fraction of sp³-hybridized carbons (Fsp3) is 0.280. The van der Waals surface area contributed by atoms with Gasteiger partial charge in [0.25, 0.3) is 0 Å². The molecule has 0 spiro atoms. The summed E-state index contributed by atoms with van der Waals surface area (Å²) in [5, 5.41) is 10.6. The van der Waals surface area contributed by atoms with E-state index in [1.165, 1.54) is 16.7 Å². The predicted molar refractivity (Wildman–Crippen MR) is 116 cm³/mol. The van der Waals surface area contributed by atoms with Crippen LogP contribution in [0.2, 0.25) is 0 Å². The molecule has 0 fully saturated rings. The van der Waals surface area contributed by atoms with Crippen LogP contribution in [0.15, 0.2) is 54.6 Å². The Morgan fingerprint density at radius 1 is 0.968 bits per heavy atom. The number of aromatic hydroxyl groups is 1. The second kappa shape index (κ2) is 8.04. The smallest absolute Gasteiger partial charge is 0.231 e. The van der Waals surface area contributed by atoms with Crippen LogP contribution in [-0.4, -0.2) is 37.6 Å². The van der Waals surface area contributed by atoms with Crippen LogP contribution in [0.25, 0.3) is 0 Å². The van der Waals surface area contributed by atoms with Gasteiger partial charge < -0.3 is 24.1 Å². The fourth-order valence-electron chi connectivity index (χ4n) is 4.51. The minimum atomic E-state index is 0.0228. The van der Waals surface area contributed by atoms with Gasteiger partial charge in [-0.3, -0.25) is 4.90 Å². The fourth-order valence-corrected chi connectivity index (χ4v) is 4.51. The monoisotopic (exact) mass is 419 g/mol.